The van der Waals surface area contributed by atoms with E-state index in [4.69, 9.17) is 4.55 Å². The van der Waals surface area contributed by atoms with Crippen molar-refractivity contribution in [2.75, 3.05) is 6.61 Å². The van der Waals surface area contributed by atoms with Crippen molar-refractivity contribution in [1.82, 2.24) is 0 Å². The molecule has 0 aliphatic carbocycles. The van der Waals surface area contributed by atoms with E-state index in [2.05, 4.69) is 11.1 Å². The molecule has 128 valence electrons. The normalized spacial score (nSPS) is 11.4. The Morgan fingerprint density at radius 2 is 1.00 bits per heavy atom. The van der Waals surface area contributed by atoms with Crippen LogP contribution in [0.15, 0.2) is 0 Å². The molecule has 0 aromatic heterocycles. The van der Waals surface area contributed by atoms with Gasteiger partial charge in [-0.1, -0.05) is 90.4 Å². The van der Waals surface area contributed by atoms with E-state index in [0.29, 0.717) is 6.42 Å². The van der Waals surface area contributed by atoms with Crippen LogP contribution in [-0.4, -0.2) is 19.6 Å². The van der Waals surface area contributed by atoms with Gasteiger partial charge in [0.25, 0.3) is 0 Å². The molecule has 0 aromatic rings. The Kier molecular flexibility index (Phi) is 20.8. The van der Waals surface area contributed by atoms with Crippen molar-refractivity contribution in [3.63, 3.8) is 0 Å². The minimum atomic E-state index is -4.24. The van der Waals surface area contributed by atoms with Gasteiger partial charge in [0, 0.05) is 0 Å². The van der Waals surface area contributed by atoms with Crippen molar-refractivity contribution in [3.8, 4) is 0 Å². The van der Waals surface area contributed by atoms with Crippen LogP contribution in [0.1, 0.15) is 96.8 Å². The maximum Gasteiger partial charge on any atom is 1.00 e. The maximum atomic E-state index is 10.3. The van der Waals surface area contributed by atoms with Gasteiger partial charge in [-0.15, -0.1) is 0 Å². The molecule has 0 spiro atoms. The first-order chi connectivity index (χ1) is 10.1. The molecule has 4 nitrogen and oxygen atoms in total. The van der Waals surface area contributed by atoms with Crippen LogP contribution in [0.3, 0.4) is 0 Å². The molecule has 0 rings (SSSR count). The molecule has 1 N–H and O–H groups in total. The molecule has 0 aromatic carbocycles. The van der Waals surface area contributed by atoms with Crippen molar-refractivity contribution in [3.05, 3.63) is 0 Å². The number of rotatable bonds is 16. The van der Waals surface area contributed by atoms with Crippen LogP contribution in [-0.2, 0) is 14.6 Å². The Bertz CT molecular complexity index is 307. The summed E-state index contributed by atoms with van der Waals surface area (Å²) in [6.07, 6.45) is 17.6. The van der Waals surface area contributed by atoms with E-state index < -0.39 is 10.4 Å². The monoisotopic (exact) mass is 345 g/mol. The molecule has 6 heteroatoms. The first-order valence-electron chi connectivity index (χ1n) is 8.68. The zero-order valence-corrected chi connectivity index (χ0v) is 17.5. The third-order valence-electron chi connectivity index (χ3n) is 3.73. The van der Waals surface area contributed by atoms with Gasteiger partial charge in [0.1, 0.15) is 0 Å². The van der Waals surface area contributed by atoms with Crippen LogP contribution >= 0.6 is 0 Å². The van der Waals surface area contributed by atoms with Gasteiger partial charge in [0.2, 0.25) is 0 Å². The number of unbranched alkanes of at least 4 members (excludes halogenated alkanes) is 13. The van der Waals surface area contributed by atoms with Gasteiger partial charge in [0.05, 0.1) is 6.61 Å². The number of hydrogen-bond acceptors (Lipinski definition) is 3. The van der Waals surface area contributed by atoms with Gasteiger partial charge in [-0.3, -0.25) is 4.55 Å². The van der Waals surface area contributed by atoms with Crippen LogP contribution in [0.2, 0.25) is 0 Å². The minimum Gasteiger partial charge on any atom is -0.264 e. The Balaban J connectivity index is 0. The second kappa shape index (κ2) is 18.2. The maximum absolute atomic E-state index is 10.3. The SMILES string of the molecule is CCCCCCCCCCCCCCCCOS(=O)(=O)O.[Na+]. The van der Waals surface area contributed by atoms with Crippen molar-refractivity contribution in [2.45, 2.75) is 96.8 Å². The molecule has 0 aliphatic rings. The summed E-state index contributed by atoms with van der Waals surface area (Å²) in [6.45, 7) is 2.35. The third kappa shape index (κ3) is 23.1. The van der Waals surface area contributed by atoms with Gasteiger partial charge < -0.3 is 0 Å². The van der Waals surface area contributed by atoms with E-state index in [1.54, 1.807) is 0 Å². The van der Waals surface area contributed by atoms with E-state index in [1.165, 1.54) is 70.6 Å². The molecule has 0 atom stereocenters. The zero-order chi connectivity index (χ0) is 15.8. The van der Waals surface area contributed by atoms with Crippen LogP contribution in [0, 0.1) is 0 Å². The predicted molar refractivity (Wildman–Crippen MR) is 87.8 cm³/mol. The Morgan fingerprint density at radius 1 is 0.682 bits per heavy atom. The Labute approximate surface area is 160 Å². The largest absolute Gasteiger partial charge is 1.00 e. The quantitative estimate of drug-likeness (QED) is 0.265. The molecule has 0 aliphatic heterocycles. The molecule has 0 bridgehead atoms. The molecule has 0 heterocycles. The molecule has 0 saturated carbocycles. The van der Waals surface area contributed by atoms with E-state index in [1.807, 2.05) is 0 Å². The first-order valence-corrected chi connectivity index (χ1v) is 10.0. The van der Waals surface area contributed by atoms with Crippen LogP contribution in [0.25, 0.3) is 0 Å². The van der Waals surface area contributed by atoms with E-state index >= 15 is 0 Å². The second-order valence-corrected chi connectivity index (χ2v) is 6.94. The van der Waals surface area contributed by atoms with E-state index in [9.17, 15) is 8.42 Å². The Hall–Kier alpha value is 0.870. The van der Waals surface area contributed by atoms with Crippen molar-refractivity contribution in [2.24, 2.45) is 0 Å². The summed E-state index contributed by atoms with van der Waals surface area (Å²) < 4.78 is 33.2. The summed E-state index contributed by atoms with van der Waals surface area (Å²) in [5, 5.41) is 0. The molecule has 0 saturated heterocycles. The van der Waals surface area contributed by atoms with Crippen molar-refractivity contribution < 1.29 is 46.7 Å². The van der Waals surface area contributed by atoms with Gasteiger partial charge >= 0.3 is 40.0 Å². The molecular weight excluding hydrogens is 311 g/mol. The van der Waals surface area contributed by atoms with Crippen LogP contribution in [0.4, 0.5) is 0 Å². The van der Waals surface area contributed by atoms with Crippen LogP contribution < -0.4 is 29.6 Å². The minimum absolute atomic E-state index is 0. The van der Waals surface area contributed by atoms with Crippen molar-refractivity contribution >= 4 is 10.4 Å². The van der Waals surface area contributed by atoms with Crippen LogP contribution in [0.5, 0.6) is 0 Å². The molecule has 0 radical (unpaired) electrons. The van der Waals surface area contributed by atoms with Gasteiger partial charge in [-0.25, -0.2) is 4.18 Å². The van der Waals surface area contributed by atoms with Crippen molar-refractivity contribution in [1.29, 1.82) is 0 Å². The predicted octanol–water partition coefficient (Wildman–Crippen LogP) is 2.29. The van der Waals surface area contributed by atoms with Gasteiger partial charge in [0.15, 0.2) is 0 Å². The third-order valence-corrected chi connectivity index (χ3v) is 4.19. The second-order valence-electron chi connectivity index (χ2n) is 5.85. The molecule has 0 amide bonds. The van der Waals surface area contributed by atoms with E-state index in [-0.39, 0.29) is 36.2 Å². The summed E-state index contributed by atoms with van der Waals surface area (Å²) in [4.78, 5) is 0. The fourth-order valence-corrected chi connectivity index (χ4v) is 2.79. The molecule has 0 fully saturated rings. The smallest absolute Gasteiger partial charge is 0.264 e. The fraction of sp³-hybridized carbons (Fsp3) is 1.00. The average molecular weight is 346 g/mol. The summed E-state index contributed by atoms with van der Waals surface area (Å²) in [5.74, 6) is 0. The average Bonchev–Trinajstić information content (AvgIpc) is 2.42. The standard InChI is InChI=1S/C16H34O4S.Na/c1-2-3-4-5-6-7-8-9-10-11-12-13-14-15-16-20-21(17,18)19;/h2-16H2,1H3,(H,17,18,19);/q;+1. The summed E-state index contributed by atoms with van der Waals surface area (Å²) >= 11 is 0. The zero-order valence-electron chi connectivity index (χ0n) is 14.7. The van der Waals surface area contributed by atoms with Gasteiger partial charge in [-0.2, -0.15) is 8.42 Å². The Morgan fingerprint density at radius 3 is 1.32 bits per heavy atom. The molecule has 22 heavy (non-hydrogen) atoms. The summed E-state index contributed by atoms with van der Waals surface area (Å²) in [7, 11) is -4.24. The number of hydrogen-bond donors (Lipinski definition) is 1. The molecular formula is C16H34NaO4S+. The molecule has 0 unspecified atom stereocenters. The topological polar surface area (TPSA) is 63.6 Å². The van der Waals surface area contributed by atoms with Gasteiger partial charge in [-0.05, 0) is 6.42 Å². The summed E-state index contributed by atoms with van der Waals surface area (Å²) in [6, 6.07) is 0. The summed E-state index contributed by atoms with van der Waals surface area (Å²) in [5.41, 5.74) is 0. The first kappa shape index (κ1) is 25.1. The van der Waals surface area contributed by atoms with E-state index in [0.717, 1.165) is 12.8 Å². The fourth-order valence-electron chi connectivity index (χ4n) is 2.46.